The van der Waals surface area contributed by atoms with E-state index < -0.39 is 0 Å². The van der Waals surface area contributed by atoms with Crippen LogP contribution in [-0.2, 0) is 12.2 Å². The van der Waals surface area contributed by atoms with Gasteiger partial charge in [-0.25, -0.2) is 0 Å². The molecule has 3 aromatic carbocycles. The van der Waals surface area contributed by atoms with E-state index in [1.807, 2.05) is 60.7 Å². The van der Waals surface area contributed by atoms with Crippen molar-refractivity contribution in [2.24, 2.45) is 0 Å². The van der Waals surface area contributed by atoms with Gasteiger partial charge in [0.2, 0.25) is 0 Å². The Morgan fingerprint density at radius 1 is 0.862 bits per heavy atom. The average molecular weight is 408 g/mol. The van der Waals surface area contributed by atoms with Crippen LogP contribution >= 0.6 is 11.8 Å². The summed E-state index contributed by atoms with van der Waals surface area (Å²) >= 11 is 1.68. The predicted octanol–water partition coefficient (Wildman–Crippen LogP) is 4.97. The molecule has 4 nitrogen and oxygen atoms in total. The van der Waals surface area contributed by atoms with Crippen LogP contribution in [0.1, 0.15) is 21.5 Å². The zero-order valence-corrected chi connectivity index (χ0v) is 17.5. The van der Waals surface area contributed by atoms with Crippen molar-refractivity contribution in [1.82, 2.24) is 5.32 Å². The average Bonchev–Trinajstić information content (AvgIpc) is 2.78. The van der Waals surface area contributed by atoms with Crippen molar-refractivity contribution in [3.8, 4) is 11.5 Å². The third-order valence-electron chi connectivity index (χ3n) is 4.52. The lowest BCUT2D eigenvalue weighted by atomic mass is 10.1. The number of hydrogen-bond donors (Lipinski definition) is 1. The minimum atomic E-state index is -0.0540. The van der Waals surface area contributed by atoms with E-state index >= 15 is 0 Å². The molecule has 0 saturated heterocycles. The normalized spacial score (nSPS) is 10.4. The summed E-state index contributed by atoms with van der Waals surface area (Å²) in [4.78, 5) is 13.7. The van der Waals surface area contributed by atoms with Gasteiger partial charge in [0, 0.05) is 17.2 Å². The van der Waals surface area contributed by atoms with E-state index in [0.717, 1.165) is 16.2 Å². The summed E-state index contributed by atoms with van der Waals surface area (Å²) in [6.07, 6.45) is 0.714. The number of carbonyl (C=O) groups is 1. The van der Waals surface area contributed by atoms with Gasteiger partial charge in [-0.2, -0.15) is 0 Å². The highest BCUT2D eigenvalue weighted by molar-refractivity contribution is 7.98. The highest BCUT2D eigenvalue weighted by Crippen LogP contribution is 2.28. The number of hydrogen-bond acceptors (Lipinski definition) is 4. The Bertz CT molecular complexity index is 944. The summed E-state index contributed by atoms with van der Waals surface area (Å²) < 4.78 is 10.6. The summed E-state index contributed by atoms with van der Waals surface area (Å²) in [6, 6.07) is 23.8. The summed E-state index contributed by atoms with van der Waals surface area (Å²) in [7, 11) is 3.23. The molecule has 0 aliphatic heterocycles. The summed E-state index contributed by atoms with van der Waals surface area (Å²) in [6.45, 7) is 0.548. The first-order valence-corrected chi connectivity index (χ1v) is 10.4. The fraction of sp³-hybridized carbons (Fsp3) is 0.208. The minimum Gasteiger partial charge on any atom is -0.493 e. The van der Waals surface area contributed by atoms with E-state index in [-0.39, 0.29) is 5.91 Å². The van der Waals surface area contributed by atoms with Crippen molar-refractivity contribution >= 4 is 17.7 Å². The fourth-order valence-corrected chi connectivity index (χ4v) is 3.97. The van der Waals surface area contributed by atoms with E-state index in [1.54, 1.807) is 26.0 Å². The molecule has 0 spiro atoms. The van der Waals surface area contributed by atoms with Gasteiger partial charge >= 0.3 is 0 Å². The molecule has 0 aliphatic carbocycles. The van der Waals surface area contributed by atoms with Gasteiger partial charge in [-0.1, -0.05) is 48.5 Å². The number of thioether (sulfide) groups is 1. The van der Waals surface area contributed by atoms with Crippen LogP contribution in [0, 0.1) is 0 Å². The maximum Gasteiger partial charge on any atom is 0.252 e. The van der Waals surface area contributed by atoms with Crippen LogP contribution in [0.4, 0.5) is 0 Å². The predicted molar refractivity (Wildman–Crippen MR) is 118 cm³/mol. The maximum absolute atomic E-state index is 12.7. The molecule has 0 unspecified atom stereocenters. The third kappa shape index (κ3) is 5.78. The Balaban J connectivity index is 1.58. The highest BCUT2D eigenvalue weighted by Gasteiger charge is 2.11. The van der Waals surface area contributed by atoms with Gasteiger partial charge in [-0.15, -0.1) is 11.8 Å². The van der Waals surface area contributed by atoms with Gasteiger partial charge in [-0.05, 0) is 41.8 Å². The molecule has 0 atom stereocenters. The fourth-order valence-electron chi connectivity index (χ4n) is 2.97. The molecule has 0 heterocycles. The van der Waals surface area contributed by atoms with Gasteiger partial charge in [0.1, 0.15) is 0 Å². The molecule has 0 bridgehead atoms. The largest absolute Gasteiger partial charge is 0.493 e. The van der Waals surface area contributed by atoms with Crippen molar-refractivity contribution in [1.29, 1.82) is 0 Å². The first-order valence-electron chi connectivity index (χ1n) is 9.46. The molecule has 5 heteroatoms. The molecule has 1 N–H and O–H groups in total. The number of rotatable bonds is 9. The van der Waals surface area contributed by atoms with Gasteiger partial charge < -0.3 is 14.8 Å². The Morgan fingerprint density at radius 2 is 1.59 bits per heavy atom. The van der Waals surface area contributed by atoms with Crippen molar-refractivity contribution in [3.05, 3.63) is 89.5 Å². The SMILES string of the molecule is COc1ccc(CCNC(=O)c2ccccc2SCc2ccccc2)cc1OC. The maximum atomic E-state index is 12.7. The first kappa shape index (κ1) is 20.8. The molecule has 0 aliphatic rings. The molecule has 0 aromatic heterocycles. The Morgan fingerprint density at radius 3 is 2.34 bits per heavy atom. The third-order valence-corrected chi connectivity index (χ3v) is 5.66. The van der Waals surface area contributed by atoms with Crippen LogP contribution in [0.25, 0.3) is 0 Å². The minimum absolute atomic E-state index is 0.0540. The number of ether oxygens (including phenoxy) is 2. The van der Waals surface area contributed by atoms with E-state index in [1.165, 1.54) is 5.56 Å². The molecule has 3 rings (SSSR count). The van der Waals surface area contributed by atoms with Crippen LogP contribution in [0.2, 0.25) is 0 Å². The zero-order valence-electron chi connectivity index (χ0n) is 16.7. The molecule has 0 saturated carbocycles. The summed E-state index contributed by atoms with van der Waals surface area (Å²) in [5.74, 6) is 2.17. The van der Waals surface area contributed by atoms with Crippen LogP contribution < -0.4 is 14.8 Å². The number of nitrogens with one attached hydrogen (secondary N) is 1. The number of benzene rings is 3. The van der Waals surface area contributed by atoms with Crippen molar-refractivity contribution in [3.63, 3.8) is 0 Å². The Kier molecular flexibility index (Phi) is 7.59. The van der Waals surface area contributed by atoms with Crippen LogP contribution in [-0.4, -0.2) is 26.7 Å². The molecular formula is C24H25NO3S. The van der Waals surface area contributed by atoms with Crippen LogP contribution in [0.15, 0.2) is 77.7 Å². The standard InChI is InChI=1S/C24H25NO3S/c1-27-21-13-12-18(16-22(21)28-2)14-15-25-24(26)20-10-6-7-11-23(20)29-17-19-8-4-3-5-9-19/h3-13,16H,14-15,17H2,1-2H3,(H,25,26). The lowest BCUT2D eigenvalue weighted by Gasteiger charge is -2.11. The Labute approximate surface area is 176 Å². The van der Waals surface area contributed by atoms with Crippen molar-refractivity contribution in [2.45, 2.75) is 17.1 Å². The second-order valence-electron chi connectivity index (χ2n) is 6.47. The van der Waals surface area contributed by atoms with E-state index in [9.17, 15) is 4.79 Å². The van der Waals surface area contributed by atoms with Gasteiger partial charge in [-0.3, -0.25) is 4.79 Å². The molecule has 29 heavy (non-hydrogen) atoms. The van der Waals surface area contributed by atoms with Crippen molar-refractivity contribution < 1.29 is 14.3 Å². The monoisotopic (exact) mass is 407 g/mol. The van der Waals surface area contributed by atoms with Crippen LogP contribution in [0.3, 0.4) is 0 Å². The smallest absolute Gasteiger partial charge is 0.252 e. The molecule has 1 amide bonds. The number of amides is 1. The van der Waals surface area contributed by atoms with Crippen molar-refractivity contribution in [2.75, 3.05) is 20.8 Å². The van der Waals surface area contributed by atoms with Gasteiger partial charge in [0.05, 0.1) is 19.8 Å². The molecular weight excluding hydrogens is 382 g/mol. The van der Waals surface area contributed by atoms with Crippen LogP contribution in [0.5, 0.6) is 11.5 Å². The van der Waals surface area contributed by atoms with Gasteiger partial charge in [0.15, 0.2) is 11.5 Å². The summed E-state index contributed by atoms with van der Waals surface area (Å²) in [5, 5.41) is 3.03. The van der Waals surface area contributed by atoms with E-state index in [0.29, 0.717) is 30.0 Å². The first-order chi connectivity index (χ1) is 14.2. The van der Waals surface area contributed by atoms with E-state index in [4.69, 9.17) is 9.47 Å². The Hall–Kier alpha value is -2.92. The number of carbonyl (C=O) groups excluding carboxylic acids is 1. The zero-order chi connectivity index (χ0) is 20.5. The lowest BCUT2D eigenvalue weighted by Crippen LogP contribution is -2.26. The van der Waals surface area contributed by atoms with Gasteiger partial charge in [0.25, 0.3) is 5.91 Å². The second-order valence-corrected chi connectivity index (χ2v) is 7.48. The molecule has 0 fully saturated rings. The van der Waals surface area contributed by atoms with E-state index in [2.05, 4.69) is 17.4 Å². The topological polar surface area (TPSA) is 47.6 Å². The molecule has 3 aromatic rings. The lowest BCUT2D eigenvalue weighted by molar-refractivity contribution is 0.0951. The highest BCUT2D eigenvalue weighted by atomic mass is 32.2. The number of methoxy groups -OCH3 is 2. The second kappa shape index (κ2) is 10.6. The summed E-state index contributed by atoms with van der Waals surface area (Å²) in [5.41, 5.74) is 3.02. The quantitative estimate of drug-likeness (QED) is 0.509. The molecule has 150 valence electrons. The molecule has 0 radical (unpaired) electrons.